The predicted octanol–water partition coefficient (Wildman–Crippen LogP) is 3.26. The molecule has 0 fully saturated rings. The molecule has 2 aromatic rings. The van der Waals surface area contributed by atoms with Gasteiger partial charge >= 0.3 is 5.97 Å². The van der Waals surface area contributed by atoms with E-state index in [-0.39, 0.29) is 18.6 Å². The summed E-state index contributed by atoms with van der Waals surface area (Å²) in [5.74, 6) is -0.668. The van der Waals surface area contributed by atoms with Crippen LogP contribution >= 0.6 is 0 Å². The van der Waals surface area contributed by atoms with E-state index in [0.29, 0.717) is 11.3 Å². The number of rotatable bonds is 6. The number of ether oxygens (including phenoxy) is 1. The summed E-state index contributed by atoms with van der Waals surface area (Å²) in [4.78, 5) is 22.8. The van der Waals surface area contributed by atoms with Crippen LogP contribution in [0.3, 0.4) is 0 Å². The van der Waals surface area contributed by atoms with E-state index < -0.39 is 5.97 Å². The molecule has 0 saturated heterocycles. The summed E-state index contributed by atoms with van der Waals surface area (Å²) in [7, 11) is 0. The number of carboxylic acids is 1. The van der Waals surface area contributed by atoms with Crippen molar-refractivity contribution < 1.29 is 19.4 Å². The lowest BCUT2D eigenvalue weighted by Gasteiger charge is -2.15. The van der Waals surface area contributed by atoms with E-state index in [4.69, 9.17) is 9.84 Å². The second-order valence-electron chi connectivity index (χ2n) is 5.75. The molecule has 1 amide bonds. The molecule has 5 heteroatoms. The van der Waals surface area contributed by atoms with E-state index in [1.165, 1.54) is 0 Å². The summed E-state index contributed by atoms with van der Waals surface area (Å²) < 4.78 is 5.09. The number of carbonyl (C=O) groups excluding carboxylic acids is 1. The lowest BCUT2D eigenvalue weighted by molar-refractivity contribution is -0.139. The topological polar surface area (TPSA) is 75.6 Å². The summed E-state index contributed by atoms with van der Waals surface area (Å²) >= 11 is 0. The van der Waals surface area contributed by atoms with Crippen LogP contribution < -0.4 is 10.1 Å². The zero-order valence-electron chi connectivity index (χ0n) is 14.0. The Labute approximate surface area is 141 Å². The quantitative estimate of drug-likeness (QED) is 0.854. The average Bonchev–Trinajstić information content (AvgIpc) is 2.55. The van der Waals surface area contributed by atoms with Gasteiger partial charge in [0.15, 0.2) is 6.61 Å². The van der Waals surface area contributed by atoms with Gasteiger partial charge in [-0.1, -0.05) is 18.2 Å². The molecule has 2 N–H and O–H groups in total. The maximum atomic E-state index is 12.3. The van der Waals surface area contributed by atoms with Crippen LogP contribution in [0.15, 0.2) is 42.5 Å². The van der Waals surface area contributed by atoms with Gasteiger partial charge in [-0.05, 0) is 61.7 Å². The van der Waals surface area contributed by atoms with Crippen molar-refractivity contribution in [2.75, 3.05) is 6.61 Å². The molecule has 2 rings (SSSR count). The monoisotopic (exact) mass is 327 g/mol. The van der Waals surface area contributed by atoms with Gasteiger partial charge in [0.1, 0.15) is 5.75 Å². The normalized spacial score (nSPS) is 11.6. The molecule has 0 heterocycles. The second-order valence-corrected chi connectivity index (χ2v) is 5.75. The molecule has 0 aliphatic heterocycles. The van der Waals surface area contributed by atoms with Crippen LogP contribution in [0, 0.1) is 13.8 Å². The smallest absolute Gasteiger partial charge is 0.341 e. The molecule has 0 aromatic heterocycles. The molecule has 0 aliphatic carbocycles. The third kappa shape index (κ3) is 4.59. The number of carboxylic acid groups (broad SMARTS) is 1. The van der Waals surface area contributed by atoms with Crippen molar-refractivity contribution in [3.05, 3.63) is 64.7 Å². The molecule has 1 atom stereocenters. The minimum Gasteiger partial charge on any atom is -0.482 e. The molecule has 5 nitrogen and oxygen atoms in total. The number of carbonyl (C=O) groups is 2. The Hall–Kier alpha value is -2.82. The summed E-state index contributed by atoms with van der Waals surface area (Å²) in [5, 5.41) is 11.5. The van der Waals surface area contributed by atoms with E-state index in [9.17, 15) is 9.59 Å². The molecular weight excluding hydrogens is 306 g/mol. The third-order valence-electron chi connectivity index (χ3n) is 3.86. The lowest BCUT2D eigenvalue weighted by atomic mass is 10.0. The highest BCUT2D eigenvalue weighted by Gasteiger charge is 2.12. The number of benzene rings is 2. The fraction of sp³-hybridized carbons (Fsp3) is 0.263. The van der Waals surface area contributed by atoms with Crippen molar-refractivity contribution in [3.63, 3.8) is 0 Å². The SMILES string of the molecule is Cc1ccc(C(=O)NC(C)c2ccc(OCC(=O)O)cc2)cc1C. The predicted molar refractivity (Wildman–Crippen MR) is 91.4 cm³/mol. The van der Waals surface area contributed by atoms with Crippen LogP contribution in [-0.2, 0) is 4.79 Å². The van der Waals surface area contributed by atoms with Gasteiger partial charge in [-0.2, -0.15) is 0 Å². The Bertz CT molecular complexity index is 738. The van der Waals surface area contributed by atoms with Crippen molar-refractivity contribution in [1.82, 2.24) is 5.32 Å². The van der Waals surface area contributed by atoms with Crippen LogP contribution in [0.25, 0.3) is 0 Å². The fourth-order valence-corrected chi connectivity index (χ4v) is 2.24. The number of aliphatic carboxylic acids is 1. The standard InChI is InChI=1S/C19H21NO4/c1-12-4-5-16(10-13(12)2)19(23)20-14(3)15-6-8-17(9-7-15)24-11-18(21)22/h4-10,14H,11H2,1-3H3,(H,20,23)(H,21,22). The minimum atomic E-state index is -1.02. The molecule has 1 unspecified atom stereocenters. The zero-order chi connectivity index (χ0) is 17.7. The van der Waals surface area contributed by atoms with Crippen LogP contribution in [-0.4, -0.2) is 23.6 Å². The number of aryl methyl sites for hydroxylation is 2. The number of nitrogens with one attached hydrogen (secondary N) is 1. The lowest BCUT2D eigenvalue weighted by Crippen LogP contribution is -2.26. The Morgan fingerprint density at radius 2 is 1.75 bits per heavy atom. The van der Waals surface area contributed by atoms with Crippen molar-refractivity contribution in [2.45, 2.75) is 26.8 Å². The highest BCUT2D eigenvalue weighted by Crippen LogP contribution is 2.18. The van der Waals surface area contributed by atoms with Gasteiger partial charge < -0.3 is 15.2 Å². The molecule has 2 aromatic carbocycles. The summed E-state index contributed by atoms with van der Waals surface area (Å²) in [6, 6.07) is 12.4. The first-order valence-corrected chi connectivity index (χ1v) is 7.69. The zero-order valence-corrected chi connectivity index (χ0v) is 14.0. The van der Waals surface area contributed by atoms with Gasteiger partial charge in [-0.25, -0.2) is 4.79 Å². The fourth-order valence-electron chi connectivity index (χ4n) is 2.24. The van der Waals surface area contributed by atoms with E-state index in [1.807, 2.05) is 51.1 Å². The van der Waals surface area contributed by atoms with Gasteiger partial charge in [-0.3, -0.25) is 4.79 Å². The van der Waals surface area contributed by atoms with Crippen LogP contribution in [0.4, 0.5) is 0 Å². The largest absolute Gasteiger partial charge is 0.482 e. The first-order valence-electron chi connectivity index (χ1n) is 7.69. The van der Waals surface area contributed by atoms with E-state index >= 15 is 0 Å². The Balaban J connectivity index is 2.00. The molecule has 0 aliphatic rings. The van der Waals surface area contributed by atoms with Gasteiger partial charge in [0.05, 0.1) is 6.04 Å². The molecule has 24 heavy (non-hydrogen) atoms. The van der Waals surface area contributed by atoms with E-state index in [0.717, 1.165) is 16.7 Å². The van der Waals surface area contributed by atoms with Gasteiger partial charge in [-0.15, -0.1) is 0 Å². The van der Waals surface area contributed by atoms with Crippen molar-refractivity contribution >= 4 is 11.9 Å². The summed E-state index contributed by atoms with van der Waals surface area (Å²) in [6.45, 7) is 5.50. The number of hydrogen-bond acceptors (Lipinski definition) is 3. The summed E-state index contributed by atoms with van der Waals surface area (Å²) in [5.41, 5.74) is 3.77. The highest BCUT2D eigenvalue weighted by molar-refractivity contribution is 5.94. The molecule has 126 valence electrons. The molecule has 0 radical (unpaired) electrons. The van der Waals surface area contributed by atoms with Crippen LogP contribution in [0.2, 0.25) is 0 Å². The molecular formula is C19H21NO4. The van der Waals surface area contributed by atoms with Gasteiger partial charge in [0.25, 0.3) is 5.91 Å². The van der Waals surface area contributed by atoms with E-state index in [1.54, 1.807) is 12.1 Å². The highest BCUT2D eigenvalue weighted by atomic mass is 16.5. The first-order chi connectivity index (χ1) is 11.4. The third-order valence-corrected chi connectivity index (χ3v) is 3.86. The van der Waals surface area contributed by atoms with Crippen LogP contribution in [0.5, 0.6) is 5.75 Å². The minimum absolute atomic E-state index is 0.128. The average molecular weight is 327 g/mol. The Kier molecular flexibility index (Phi) is 5.58. The Morgan fingerprint density at radius 1 is 1.08 bits per heavy atom. The molecule has 0 spiro atoms. The second kappa shape index (κ2) is 7.64. The maximum absolute atomic E-state index is 12.3. The maximum Gasteiger partial charge on any atom is 0.341 e. The van der Waals surface area contributed by atoms with Gasteiger partial charge in [0, 0.05) is 5.56 Å². The summed E-state index contributed by atoms with van der Waals surface area (Å²) in [6.07, 6.45) is 0. The molecule has 0 saturated carbocycles. The number of amides is 1. The molecule has 0 bridgehead atoms. The first kappa shape index (κ1) is 17.5. The van der Waals surface area contributed by atoms with E-state index in [2.05, 4.69) is 5.32 Å². The number of hydrogen-bond donors (Lipinski definition) is 2. The van der Waals surface area contributed by atoms with Crippen molar-refractivity contribution in [1.29, 1.82) is 0 Å². The Morgan fingerprint density at radius 3 is 2.33 bits per heavy atom. The van der Waals surface area contributed by atoms with Gasteiger partial charge in [0.2, 0.25) is 0 Å². The van der Waals surface area contributed by atoms with Crippen molar-refractivity contribution in [3.8, 4) is 5.75 Å². The van der Waals surface area contributed by atoms with Crippen LogP contribution in [0.1, 0.15) is 40.0 Å². The van der Waals surface area contributed by atoms with Crippen molar-refractivity contribution in [2.24, 2.45) is 0 Å².